The zero-order chi connectivity index (χ0) is 32.7. The topological polar surface area (TPSA) is 125 Å². The van der Waals surface area contributed by atoms with Crippen LogP contribution in [0.15, 0.2) is 84.9 Å². The van der Waals surface area contributed by atoms with Gasteiger partial charge in [-0.3, -0.25) is 4.79 Å². The summed E-state index contributed by atoms with van der Waals surface area (Å²) in [5.41, 5.74) is -0.313. The number of rotatable bonds is 9. The lowest BCUT2D eigenvalue weighted by molar-refractivity contribution is -0.945. The predicted octanol–water partition coefficient (Wildman–Crippen LogP) is 2.81. The van der Waals surface area contributed by atoms with Crippen molar-refractivity contribution >= 4 is 17.8 Å². The Morgan fingerprint density at radius 1 is 0.911 bits per heavy atom. The second-order valence-corrected chi connectivity index (χ2v) is 11.2. The quantitative estimate of drug-likeness (QED) is 0.276. The fraction of sp³-hybridized carbons (Fsp3) is 0.364. The van der Waals surface area contributed by atoms with E-state index in [2.05, 4.69) is 5.32 Å². The Hall–Kier alpha value is -4.42. The average Bonchev–Trinajstić information content (AvgIpc) is 3.05. The van der Waals surface area contributed by atoms with Crippen molar-refractivity contribution in [3.05, 3.63) is 102 Å². The van der Waals surface area contributed by atoms with Gasteiger partial charge in [0, 0.05) is 24.3 Å². The Morgan fingerprint density at radius 2 is 1.42 bits per heavy atom. The van der Waals surface area contributed by atoms with Gasteiger partial charge in [0.15, 0.2) is 6.10 Å². The highest BCUT2D eigenvalue weighted by molar-refractivity contribution is 5.94. The van der Waals surface area contributed by atoms with Gasteiger partial charge in [-0.2, -0.15) is 13.2 Å². The van der Waals surface area contributed by atoms with E-state index < -0.39 is 23.7 Å². The Balaban J connectivity index is 0.000000591. The summed E-state index contributed by atoms with van der Waals surface area (Å²) < 4.78 is 43.7. The summed E-state index contributed by atoms with van der Waals surface area (Å²) in [5.74, 6) is -2.77. The fourth-order valence-electron chi connectivity index (χ4n) is 5.90. The number of carbonyl (C=O) groups excluding carboxylic acids is 3. The van der Waals surface area contributed by atoms with E-state index in [1.54, 1.807) is 55.6 Å². The highest BCUT2D eigenvalue weighted by Gasteiger charge is 2.50. The monoisotopic (exact) mass is 628 g/mol. The molecule has 2 N–H and O–H groups in total. The second-order valence-electron chi connectivity index (χ2n) is 11.2. The van der Waals surface area contributed by atoms with Gasteiger partial charge >= 0.3 is 12.1 Å². The molecule has 0 radical (unpaired) electrons. The molecule has 3 aliphatic rings. The van der Waals surface area contributed by atoms with Crippen LogP contribution >= 0.6 is 0 Å². The van der Waals surface area contributed by atoms with Crippen LogP contribution in [-0.2, 0) is 19.9 Å². The highest BCUT2D eigenvalue weighted by Crippen LogP contribution is 2.38. The minimum atomic E-state index is -5.19. The molecule has 1 atom stereocenters. The largest absolute Gasteiger partial charge is 0.542 e. The minimum Gasteiger partial charge on any atom is -0.542 e. The van der Waals surface area contributed by atoms with Gasteiger partial charge in [0.1, 0.15) is 18.3 Å². The van der Waals surface area contributed by atoms with E-state index in [-0.39, 0.29) is 17.9 Å². The molecule has 3 aromatic rings. The summed E-state index contributed by atoms with van der Waals surface area (Å²) in [7, 11) is 1.60. The molecule has 1 amide bonds. The first-order valence-corrected chi connectivity index (χ1v) is 14.5. The zero-order valence-corrected chi connectivity index (χ0v) is 24.7. The van der Waals surface area contributed by atoms with E-state index >= 15 is 0 Å². The number of quaternary nitrogens is 1. The molecule has 3 fully saturated rings. The Kier molecular flexibility index (Phi) is 10.5. The van der Waals surface area contributed by atoms with Crippen LogP contribution in [0.1, 0.15) is 34.3 Å². The number of methoxy groups -OCH3 is 1. The van der Waals surface area contributed by atoms with Gasteiger partial charge in [0.05, 0.1) is 33.3 Å². The van der Waals surface area contributed by atoms with Crippen LogP contribution in [0.5, 0.6) is 5.75 Å². The number of fused-ring (bicyclic) bond motifs is 3. The number of carbonyl (C=O) groups is 3. The van der Waals surface area contributed by atoms with Gasteiger partial charge in [0.2, 0.25) is 5.60 Å². The van der Waals surface area contributed by atoms with Crippen LogP contribution in [0.4, 0.5) is 13.2 Å². The highest BCUT2D eigenvalue weighted by atomic mass is 19.4. The van der Waals surface area contributed by atoms with Gasteiger partial charge < -0.3 is 34.3 Å². The van der Waals surface area contributed by atoms with Gasteiger partial charge in [-0.1, -0.05) is 60.7 Å². The van der Waals surface area contributed by atoms with Crippen molar-refractivity contribution in [3.63, 3.8) is 0 Å². The van der Waals surface area contributed by atoms with E-state index in [0.29, 0.717) is 35.5 Å². The van der Waals surface area contributed by atoms with Crippen molar-refractivity contribution in [3.8, 4) is 5.75 Å². The van der Waals surface area contributed by atoms with Gasteiger partial charge in [-0.15, -0.1) is 0 Å². The molecule has 3 aliphatic heterocycles. The summed E-state index contributed by atoms with van der Waals surface area (Å²) in [6, 6.07) is 25.0. The van der Waals surface area contributed by atoms with Crippen LogP contribution in [-0.4, -0.2) is 79.5 Å². The Bertz CT molecular complexity index is 1400. The number of hydrogen-bond acceptors (Lipinski definition) is 7. The molecule has 3 saturated heterocycles. The van der Waals surface area contributed by atoms with Crippen molar-refractivity contribution in [2.45, 2.75) is 30.7 Å². The third-order valence-electron chi connectivity index (χ3n) is 8.43. The number of carboxylic acid groups (broad SMARTS) is 1. The number of carboxylic acids is 1. The van der Waals surface area contributed by atoms with Crippen LogP contribution < -0.4 is 15.2 Å². The molecule has 9 nitrogen and oxygen atoms in total. The van der Waals surface area contributed by atoms with E-state index in [4.69, 9.17) is 19.4 Å². The van der Waals surface area contributed by atoms with E-state index in [1.165, 1.54) is 0 Å². The summed E-state index contributed by atoms with van der Waals surface area (Å²) in [6.45, 7) is 3.99. The molecule has 6 rings (SSSR count). The maximum absolute atomic E-state index is 13.7. The molecule has 12 heteroatoms. The first-order valence-electron chi connectivity index (χ1n) is 14.5. The van der Waals surface area contributed by atoms with Crippen molar-refractivity contribution < 1.29 is 51.7 Å². The number of amides is 1. The van der Waals surface area contributed by atoms with Crippen molar-refractivity contribution in [2.24, 2.45) is 5.92 Å². The summed E-state index contributed by atoms with van der Waals surface area (Å²) in [5, 5.41) is 23.6. The number of alkyl halides is 3. The molecule has 3 aromatic carbocycles. The third-order valence-corrected chi connectivity index (χ3v) is 8.43. The SMILES string of the molecule is COc1ccc(C(=O)NCC[N+]23CCC(CC2)[C@@H](OC(=O)C(O)(c2ccccc2)c2ccccc2)C3)cc1.O=C([O-])C(F)(F)F. The van der Waals surface area contributed by atoms with E-state index in [0.717, 1.165) is 37.0 Å². The van der Waals surface area contributed by atoms with E-state index in [9.17, 15) is 27.9 Å². The lowest BCUT2D eigenvalue weighted by Gasteiger charge is -2.52. The fourth-order valence-corrected chi connectivity index (χ4v) is 5.90. The van der Waals surface area contributed by atoms with Crippen molar-refractivity contribution in [1.82, 2.24) is 5.32 Å². The van der Waals surface area contributed by atoms with Crippen LogP contribution in [0, 0.1) is 5.92 Å². The summed E-state index contributed by atoms with van der Waals surface area (Å²) in [4.78, 5) is 35.1. The molecule has 0 aromatic heterocycles. The molecular weight excluding hydrogens is 593 g/mol. The maximum atomic E-state index is 13.7. The smallest absolute Gasteiger partial charge is 0.430 e. The molecule has 0 unspecified atom stereocenters. The number of benzene rings is 3. The van der Waals surface area contributed by atoms with Crippen LogP contribution in [0.2, 0.25) is 0 Å². The first-order chi connectivity index (χ1) is 21.4. The van der Waals surface area contributed by atoms with Crippen LogP contribution in [0.3, 0.4) is 0 Å². The molecule has 240 valence electrons. The Labute approximate surface area is 258 Å². The second kappa shape index (κ2) is 14.1. The molecule has 3 heterocycles. The molecule has 0 aliphatic carbocycles. The number of nitrogens with one attached hydrogen (secondary N) is 1. The number of nitrogens with zero attached hydrogens (tertiary/aromatic N) is 1. The van der Waals surface area contributed by atoms with E-state index in [1.807, 2.05) is 36.4 Å². The zero-order valence-electron chi connectivity index (χ0n) is 24.7. The number of aliphatic carboxylic acids is 1. The normalized spacial score (nSPS) is 20.7. The lowest BCUT2D eigenvalue weighted by atomic mass is 9.82. The molecule has 0 saturated carbocycles. The average molecular weight is 629 g/mol. The van der Waals surface area contributed by atoms with Gasteiger partial charge in [0.25, 0.3) is 5.91 Å². The molecular formula is C33H35F3N2O7. The van der Waals surface area contributed by atoms with Crippen molar-refractivity contribution in [2.75, 3.05) is 39.8 Å². The molecule has 0 spiro atoms. The maximum Gasteiger partial charge on any atom is 0.430 e. The number of halogens is 3. The number of ether oxygens (including phenoxy) is 2. The van der Waals surface area contributed by atoms with Gasteiger partial charge in [-0.25, -0.2) is 4.79 Å². The Morgan fingerprint density at radius 3 is 1.89 bits per heavy atom. The molecule has 45 heavy (non-hydrogen) atoms. The minimum absolute atomic E-state index is 0.114. The number of aliphatic hydroxyl groups is 1. The van der Waals surface area contributed by atoms with Crippen molar-refractivity contribution in [1.29, 1.82) is 0 Å². The summed E-state index contributed by atoms with van der Waals surface area (Å²) in [6.07, 6.45) is -3.56. The lowest BCUT2D eigenvalue weighted by Crippen LogP contribution is -2.66. The van der Waals surface area contributed by atoms with Crippen LogP contribution in [0.25, 0.3) is 0 Å². The number of hydrogen-bond donors (Lipinski definition) is 2. The standard InChI is InChI=1S/C31H34N2O5.C2HF3O2/c1-37-27-14-12-24(13-15-27)29(34)32-18-21-33-19-16-23(17-20-33)28(22-33)38-30(35)31(36,25-8-4-2-5-9-25)26-10-6-3-7-11-26;3-2(4,5)1(6)7/h2-15,23,28,36H,16-22H2,1H3;(H,6,7)/t23?,28-,33?;/m0./s1. The number of esters is 1. The number of piperidine rings is 3. The third kappa shape index (κ3) is 8.00. The predicted molar refractivity (Wildman–Crippen MR) is 155 cm³/mol. The van der Waals surface area contributed by atoms with Gasteiger partial charge in [-0.05, 0) is 35.4 Å². The molecule has 2 bridgehead atoms. The summed E-state index contributed by atoms with van der Waals surface area (Å²) >= 11 is 0. The first kappa shape index (κ1) is 33.5.